The minimum atomic E-state index is 0.210. The van der Waals surface area contributed by atoms with Crippen LogP contribution in [-0.2, 0) is 6.42 Å². The van der Waals surface area contributed by atoms with E-state index in [9.17, 15) is 0 Å². The van der Waals surface area contributed by atoms with Crippen molar-refractivity contribution < 1.29 is 0 Å². The van der Waals surface area contributed by atoms with E-state index in [0.717, 1.165) is 29.5 Å². The molecule has 19 heavy (non-hydrogen) atoms. The second-order valence-electron chi connectivity index (χ2n) is 4.34. The van der Waals surface area contributed by atoms with Crippen molar-refractivity contribution in [3.8, 4) is 0 Å². The van der Waals surface area contributed by atoms with Crippen LogP contribution in [0.1, 0.15) is 36.7 Å². The Bertz CT molecular complexity index is 524. The first kappa shape index (κ1) is 13.8. The summed E-state index contributed by atoms with van der Waals surface area (Å²) in [5.41, 5.74) is 1.06. The molecule has 0 aliphatic rings. The van der Waals surface area contributed by atoms with Crippen LogP contribution in [0.2, 0.25) is 0 Å². The van der Waals surface area contributed by atoms with E-state index in [2.05, 4.69) is 41.4 Å². The maximum Gasteiger partial charge on any atom is 0.127 e. The maximum absolute atomic E-state index is 4.47. The monoisotopic (exact) mass is 276 g/mol. The number of nitrogens with one attached hydrogen (secondary N) is 2. The van der Waals surface area contributed by atoms with Crippen LogP contribution < -0.4 is 10.6 Å². The first-order valence-corrected chi connectivity index (χ1v) is 7.45. The Balaban J connectivity index is 2.05. The van der Waals surface area contributed by atoms with Gasteiger partial charge in [0, 0.05) is 35.6 Å². The quantitative estimate of drug-likeness (QED) is 0.844. The van der Waals surface area contributed by atoms with Gasteiger partial charge in [-0.2, -0.15) is 0 Å². The van der Waals surface area contributed by atoms with Crippen molar-refractivity contribution >= 4 is 22.8 Å². The van der Waals surface area contributed by atoms with Crippen LogP contribution >= 0.6 is 11.3 Å². The smallest absolute Gasteiger partial charge is 0.127 e. The van der Waals surface area contributed by atoms with Crippen molar-refractivity contribution in [2.24, 2.45) is 0 Å². The van der Waals surface area contributed by atoms with Crippen molar-refractivity contribution in [2.75, 3.05) is 17.2 Å². The highest BCUT2D eigenvalue weighted by atomic mass is 32.1. The number of aromatic nitrogens is 2. The molecule has 0 aromatic carbocycles. The molecule has 2 N–H and O–H groups in total. The van der Waals surface area contributed by atoms with Gasteiger partial charge in [-0.3, -0.25) is 0 Å². The fourth-order valence-corrected chi connectivity index (χ4v) is 2.66. The highest BCUT2D eigenvalue weighted by Gasteiger charge is 2.10. The highest BCUT2D eigenvalue weighted by Crippen LogP contribution is 2.24. The molecule has 0 saturated carbocycles. The molecule has 0 saturated heterocycles. The van der Waals surface area contributed by atoms with Crippen LogP contribution in [0.5, 0.6) is 0 Å². The lowest BCUT2D eigenvalue weighted by Crippen LogP contribution is -2.07. The molecule has 2 aromatic rings. The average Bonchev–Trinajstić information content (AvgIpc) is 2.88. The zero-order valence-electron chi connectivity index (χ0n) is 11.6. The minimum absolute atomic E-state index is 0.210. The zero-order chi connectivity index (χ0) is 13.7. The molecule has 0 amide bonds. The molecule has 1 unspecified atom stereocenters. The van der Waals surface area contributed by atoms with Gasteiger partial charge < -0.3 is 10.6 Å². The van der Waals surface area contributed by atoms with Gasteiger partial charge in [0.2, 0.25) is 0 Å². The van der Waals surface area contributed by atoms with E-state index in [-0.39, 0.29) is 6.04 Å². The van der Waals surface area contributed by atoms with Crippen molar-refractivity contribution in [2.45, 2.75) is 33.2 Å². The topological polar surface area (TPSA) is 49.8 Å². The Labute approximate surface area is 118 Å². The summed E-state index contributed by atoms with van der Waals surface area (Å²) in [7, 11) is 0. The lowest BCUT2D eigenvalue weighted by molar-refractivity contribution is 0.869. The van der Waals surface area contributed by atoms with E-state index < -0.39 is 0 Å². The summed E-state index contributed by atoms with van der Waals surface area (Å²) in [5, 5.41) is 7.80. The minimum Gasteiger partial charge on any atom is -0.376 e. The molecule has 2 rings (SSSR count). The molecule has 0 bridgehead atoms. The van der Waals surface area contributed by atoms with Crippen LogP contribution in [0.15, 0.2) is 24.5 Å². The Morgan fingerprint density at radius 2 is 2.16 bits per heavy atom. The lowest BCUT2D eigenvalue weighted by atomic mass is 10.3. The van der Waals surface area contributed by atoms with Crippen LogP contribution in [0.3, 0.4) is 0 Å². The van der Waals surface area contributed by atoms with E-state index in [1.165, 1.54) is 4.88 Å². The van der Waals surface area contributed by atoms with Crippen molar-refractivity contribution in [3.05, 3.63) is 34.4 Å². The zero-order valence-corrected chi connectivity index (χ0v) is 12.4. The average molecular weight is 276 g/mol. The Morgan fingerprint density at radius 1 is 1.32 bits per heavy atom. The molecule has 5 heteroatoms. The Kier molecular flexibility index (Phi) is 4.74. The molecule has 0 aliphatic heterocycles. The summed E-state index contributed by atoms with van der Waals surface area (Å²) in [6, 6.07) is 4.21. The normalized spacial score (nSPS) is 12.2. The molecule has 4 nitrogen and oxygen atoms in total. The van der Waals surface area contributed by atoms with Crippen LogP contribution in [0, 0.1) is 0 Å². The molecular weight excluding hydrogens is 256 g/mol. The summed E-state index contributed by atoms with van der Waals surface area (Å²) in [6.45, 7) is 7.22. The van der Waals surface area contributed by atoms with Gasteiger partial charge in [0.05, 0.1) is 6.04 Å². The van der Waals surface area contributed by atoms with Gasteiger partial charge in [-0.15, -0.1) is 11.3 Å². The van der Waals surface area contributed by atoms with Crippen molar-refractivity contribution in [1.82, 2.24) is 9.97 Å². The first-order chi connectivity index (χ1) is 9.22. The summed E-state index contributed by atoms with van der Waals surface area (Å²) >= 11 is 1.77. The number of nitrogens with zero attached hydrogens (tertiary/aromatic N) is 2. The highest BCUT2D eigenvalue weighted by molar-refractivity contribution is 7.11. The fourth-order valence-electron chi connectivity index (χ4n) is 1.80. The molecule has 2 heterocycles. The number of anilines is 2. The summed E-state index contributed by atoms with van der Waals surface area (Å²) in [4.78, 5) is 10.1. The van der Waals surface area contributed by atoms with Gasteiger partial charge in [0.15, 0.2) is 0 Å². The Hall–Kier alpha value is -1.62. The number of rotatable bonds is 6. The van der Waals surface area contributed by atoms with Crippen molar-refractivity contribution in [1.29, 1.82) is 0 Å². The van der Waals surface area contributed by atoms with Crippen LogP contribution in [0.4, 0.5) is 11.5 Å². The van der Waals surface area contributed by atoms with E-state index in [1.807, 2.05) is 24.5 Å². The molecule has 0 spiro atoms. The predicted molar refractivity (Wildman–Crippen MR) is 81.9 cm³/mol. The second kappa shape index (κ2) is 6.52. The Morgan fingerprint density at radius 3 is 2.84 bits per heavy atom. The number of thiazole rings is 1. The maximum atomic E-state index is 4.47. The fraction of sp³-hybridized carbons (Fsp3) is 0.429. The first-order valence-electron chi connectivity index (χ1n) is 6.64. The van der Waals surface area contributed by atoms with E-state index in [1.54, 1.807) is 11.3 Å². The molecule has 2 aromatic heterocycles. The van der Waals surface area contributed by atoms with Gasteiger partial charge in [-0.1, -0.05) is 6.92 Å². The standard InChI is InChI=1S/C14H20N4S/c1-4-12-9-17-14(19-12)10(3)18-11-6-7-16-13(8-11)15-5-2/h6-10H,4-5H2,1-3H3,(H2,15,16,18). The van der Waals surface area contributed by atoms with Gasteiger partial charge in [-0.25, -0.2) is 9.97 Å². The molecule has 102 valence electrons. The van der Waals surface area contributed by atoms with E-state index in [4.69, 9.17) is 0 Å². The molecular formula is C14H20N4S. The predicted octanol–water partition coefficient (Wildman–Crippen LogP) is 3.71. The summed E-state index contributed by atoms with van der Waals surface area (Å²) in [6.07, 6.45) is 4.82. The molecule has 0 aliphatic carbocycles. The van der Waals surface area contributed by atoms with Gasteiger partial charge in [0.25, 0.3) is 0 Å². The van der Waals surface area contributed by atoms with Gasteiger partial charge in [-0.05, 0) is 26.3 Å². The van der Waals surface area contributed by atoms with Gasteiger partial charge in [0.1, 0.15) is 10.8 Å². The summed E-state index contributed by atoms with van der Waals surface area (Å²) < 4.78 is 0. The number of pyridine rings is 1. The van der Waals surface area contributed by atoms with E-state index in [0.29, 0.717) is 0 Å². The lowest BCUT2D eigenvalue weighted by Gasteiger charge is -2.13. The SMILES string of the molecule is CCNc1cc(NC(C)c2ncc(CC)s2)ccn1. The summed E-state index contributed by atoms with van der Waals surface area (Å²) in [5.74, 6) is 0.896. The molecule has 1 atom stereocenters. The number of hydrogen-bond acceptors (Lipinski definition) is 5. The molecule has 0 fully saturated rings. The third-order valence-corrected chi connectivity index (χ3v) is 4.12. The number of aryl methyl sites for hydroxylation is 1. The van der Waals surface area contributed by atoms with Crippen LogP contribution in [-0.4, -0.2) is 16.5 Å². The van der Waals surface area contributed by atoms with Crippen LogP contribution in [0.25, 0.3) is 0 Å². The van der Waals surface area contributed by atoms with Gasteiger partial charge >= 0.3 is 0 Å². The third kappa shape index (κ3) is 3.67. The van der Waals surface area contributed by atoms with Crippen molar-refractivity contribution in [3.63, 3.8) is 0 Å². The largest absolute Gasteiger partial charge is 0.376 e. The third-order valence-electron chi connectivity index (χ3n) is 2.79. The number of hydrogen-bond donors (Lipinski definition) is 2. The van der Waals surface area contributed by atoms with E-state index >= 15 is 0 Å². The second-order valence-corrected chi connectivity index (χ2v) is 5.49. The molecule has 0 radical (unpaired) electrons.